The second-order valence-corrected chi connectivity index (χ2v) is 11.4. The molecule has 6 nitrogen and oxygen atoms in total. The van der Waals surface area contributed by atoms with Crippen LogP contribution in [0.4, 0.5) is 0 Å². The molecule has 42 heavy (non-hydrogen) atoms. The van der Waals surface area contributed by atoms with Crippen LogP contribution in [0.25, 0.3) is 0 Å². The van der Waals surface area contributed by atoms with E-state index in [-0.39, 0.29) is 17.6 Å². The fourth-order valence-electron chi connectivity index (χ4n) is 5.35. The summed E-state index contributed by atoms with van der Waals surface area (Å²) < 4.78 is 0. The number of unbranched alkanes of at least 4 members (excludes halogenated alkanes) is 15. The topological polar surface area (TPSA) is 112 Å². The minimum absolute atomic E-state index is 0.0109. The number of hydrogen-bond acceptors (Lipinski definition) is 3. The fraction of sp³-hybridized carbons (Fsp3) is 0.583. The normalized spacial score (nSPS) is 13.2. The predicted octanol–water partition coefficient (Wildman–Crippen LogP) is 9.41. The van der Waals surface area contributed by atoms with Gasteiger partial charge in [0.2, 0.25) is 0 Å². The van der Waals surface area contributed by atoms with Crippen molar-refractivity contribution in [3.8, 4) is 0 Å². The molecule has 0 heterocycles. The van der Waals surface area contributed by atoms with Crippen LogP contribution >= 0.6 is 0 Å². The lowest BCUT2D eigenvalue weighted by atomic mass is 9.85. The number of benzene rings is 1. The zero-order chi connectivity index (χ0) is 31.0. The highest BCUT2D eigenvalue weighted by Gasteiger charge is 2.24. The van der Waals surface area contributed by atoms with Crippen LogP contribution in [0.15, 0.2) is 66.3 Å². The third kappa shape index (κ3) is 17.6. The van der Waals surface area contributed by atoms with Gasteiger partial charge < -0.3 is 15.3 Å². The van der Waals surface area contributed by atoms with Crippen molar-refractivity contribution in [3.63, 3.8) is 0 Å². The van der Waals surface area contributed by atoms with Gasteiger partial charge in [-0.2, -0.15) is 0 Å². The van der Waals surface area contributed by atoms with E-state index in [1.807, 2.05) is 30.3 Å². The molecule has 0 aliphatic heterocycles. The van der Waals surface area contributed by atoms with Crippen LogP contribution in [0, 0.1) is 11.8 Å². The molecule has 2 unspecified atom stereocenters. The van der Waals surface area contributed by atoms with Crippen LogP contribution in [-0.2, 0) is 20.8 Å². The smallest absolute Gasteiger partial charge is 0.331 e. The Balaban J connectivity index is 2.58. The van der Waals surface area contributed by atoms with E-state index in [9.17, 15) is 29.7 Å². The number of allylic oxidation sites excluding steroid dienone is 2. The van der Waals surface area contributed by atoms with E-state index < -0.39 is 29.7 Å². The molecule has 3 N–H and O–H groups in total. The Bertz CT molecular complexity index is 978. The molecule has 0 aliphatic carbocycles. The SMILES string of the molecule is C=C(C(=O)O)C(C=C(C(=O)O)C(C=CC(=O)O)CCCCCCCCCCCCCCCCCC)Cc1ccccc1. The molecule has 1 rings (SSSR count). The molecule has 6 heteroatoms. The van der Waals surface area contributed by atoms with Crippen molar-refractivity contribution < 1.29 is 29.7 Å². The van der Waals surface area contributed by atoms with Crippen molar-refractivity contribution in [2.75, 3.05) is 0 Å². The van der Waals surface area contributed by atoms with Crippen LogP contribution in [0.1, 0.15) is 122 Å². The molecule has 0 saturated heterocycles. The average molecular weight is 583 g/mol. The summed E-state index contributed by atoms with van der Waals surface area (Å²) >= 11 is 0. The lowest BCUT2D eigenvalue weighted by Gasteiger charge is -2.19. The van der Waals surface area contributed by atoms with E-state index in [0.717, 1.165) is 37.3 Å². The Morgan fingerprint density at radius 1 is 0.690 bits per heavy atom. The Hall–Kier alpha value is -3.15. The van der Waals surface area contributed by atoms with Crippen molar-refractivity contribution in [2.45, 2.75) is 122 Å². The average Bonchev–Trinajstić information content (AvgIpc) is 2.96. The molecule has 0 fully saturated rings. The molecule has 0 radical (unpaired) electrons. The number of rotatable bonds is 26. The number of carboxylic acids is 3. The van der Waals surface area contributed by atoms with Gasteiger partial charge >= 0.3 is 17.9 Å². The Morgan fingerprint density at radius 2 is 1.17 bits per heavy atom. The van der Waals surface area contributed by atoms with Crippen molar-refractivity contribution >= 4 is 17.9 Å². The molecule has 0 amide bonds. The van der Waals surface area contributed by atoms with E-state index in [1.54, 1.807) is 0 Å². The lowest BCUT2D eigenvalue weighted by molar-refractivity contribution is -0.134. The molecule has 1 aromatic carbocycles. The summed E-state index contributed by atoms with van der Waals surface area (Å²) in [7, 11) is 0. The number of hydrogen-bond donors (Lipinski definition) is 3. The molecule has 0 saturated carbocycles. The lowest BCUT2D eigenvalue weighted by Crippen LogP contribution is -2.18. The first-order chi connectivity index (χ1) is 20.3. The Morgan fingerprint density at radius 3 is 1.60 bits per heavy atom. The number of aliphatic carboxylic acids is 3. The molecule has 0 spiro atoms. The van der Waals surface area contributed by atoms with Gasteiger partial charge in [0.25, 0.3) is 0 Å². The monoisotopic (exact) mass is 582 g/mol. The van der Waals surface area contributed by atoms with Gasteiger partial charge in [-0.15, -0.1) is 0 Å². The maximum absolute atomic E-state index is 12.3. The van der Waals surface area contributed by atoms with Gasteiger partial charge in [-0.1, -0.05) is 159 Å². The first-order valence-corrected chi connectivity index (χ1v) is 16.1. The predicted molar refractivity (Wildman–Crippen MR) is 171 cm³/mol. The van der Waals surface area contributed by atoms with Crippen LogP contribution in [0.2, 0.25) is 0 Å². The highest BCUT2D eigenvalue weighted by atomic mass is 16.4. The number of carbonyl (C=O) groups is 3. The molecule has 1 aromatic rings. The van der Waals surface area contributed by atoms with Crippen LogP contribution in [0.3, 0.4) is 0 Å². The second-order valence-electron chi connectivity index (χ2n) is 11.4. The summed E-state index contributed by atoms with van der Waals surface area (Å²) in [4.78, 5) is 35.3. The second kappa shape index (κ2) is 23.4. The van der Waals surface area contributed by atoms with Crippen molar-refractivity contribution in [2.24, 2.45) is 11.8 Å². The summed E-state index contributed by atoms with van der Waals surface area (Å²) in [5, 5.41) is 28.8. The van der Waals surface area contributed by atoms with Gasteiger partial charge in [-0.05, 0) is 18.4 Å². The molecule has 234 valence electrons. The molecule has 0 aromatic heterocycles. The van der Waals surface area contributed by atoms with Gasteiger partial charge in [0.15, 0.2) is 0 Å². The maximum Gasteiger partial charge on any atom is 0.331 e. The van der Waals surface area contributed by atoms with Crippen LogP contribution < -0.4 is 0 Å². The minimum Gasteiger partial charge on any atom is -0.478 e. The third-order valence-electron chi connectivity index (χ3n) is 7.89. The van der Waals surface area contributed by atoms with Crippen LogP contribution in [-0.4, -0.2) is 33.2 Å². The third-order valence-corrected chi connectivity index (χ3v) is 7.89. The summed E-state index contributed by atoms with van der Waals surface area (Å²) in [6.45, 7) is 5.95. The molecule has 0 aliphatic rings. The van der Waals surface area contributed by atoms with Crippen LogP contribution in [0.5, 0.6) is 0 Å². The Labute approximate surface area is 253 Å². The maximum atomic E-state index is 12.3. The first-order valence-electron chi connectivity index (χ1n) is 16.1. The fourth-order valence-corrected chi connectivity index (χ4v) is 5.35. The summed E-state index contributed by atoms with van der Waals surface area (Å²) in [6.07, 6.45) is 24.5. The quantitative estimate of drug-likeness (QED) is 0.0741. The van der Waals surface area contributed by atoms with Gasteiger partial charge in [0.1, 0.15) is 0 Å². The van der Waals surface area contributed by atoms with Gasteiger partial charge in [0.05, 0.1) is 0 Å². The standard InChI is InChI=1S/C36H54O6/c1-3-4-5-6-7-8-9-10-11-12-13-14-15-16-17-21-24-31(25-26-34(37)38)33(36(41)42)28-32(29(2)35(39)40)27-30-22-19-18-20-23-30/h18-20,22-23,25-26,28,31-32H,2-17,21,24,27H2,1H3,(H,37,38)(H,39,40)(H,41,42). The van der Waals surface area contributed by atoms with Crippen molar-refractivity contribution in [1.29, 1.82) is 0 Å². The summed E-state index contributed by atoms with van der Waals surface area (Å²) in [5.74, 6) is -4.88. The van der Waals surface area contributed by atoms with Gasteiger partial charge in [-0.3, -0.25) is 0 Å². The molecular formula is C36H54O6. The van der Waals surface area contributed by atoms with E-state index in [1.165, 1.54) is 89.2 Å². The zero-order valence-electron chi connectivity index (χ0n) is 25.8. The van der Waals surface area contributed by atoms with Gasteiger partial charge in [0, 0.05) is 29.1 Å². The summed E-state index contributed by atoms with van der Waals surface area (Å²) in [6, 6.07) is 9.25. The number of carboxylic acid groups (broad SMARTS) is 3. The summed E-state index contributed by atoms with van der Waals surface area (Å²) in [5.41, 5.74) is 0.777. The minimum atomic E-state index is -1.19. The molecular weight excluding hydrogens is 528 g/mol. The van der Waals surface area contributed by atoms with Crippen molar-refractivity contribution in [1.82, 2.24) is 0 Å². The highest BCUT2D eigenvalue weighted by molar-refractivity contribution is 5.90. The van der Waals surface area contributed by atoms with Crippen molar-refractivity contribution in [3.05, 3.63) is 71.8 Å². The zero-order valence-corrected chi connectivity index (χ0v) is 25.8. The van der Waals surface area contributed by atoms with E-state index >= 15 is 0 Å². The van der Waals surface area contributed by atoms with E-state index in [4.69, 9.17) is 0 Å². The van der Waals surface area contributed by atoms with E-state index in [0.29, 0.717) is 6.42 Å². The highest BCUT2D eigenvalue weighted by Crippen LogP contribution is 2.27. The first kappa shape index (κ1) is 36.9. The van der Waals surface area contributed by atoms with E-state index in [2.05, 4.69) is 13.5 Å². The Kier molecular flexibility index (Phi) is 20.6. The largest absolute Gasteiger partial charge is 0.478 e. The van der Waals surface area contributed by atoms with Gasteiger partial charge in [-0.25, -0.2) is 14.4 Å². The molecule has 2 atom stereocenters. The molecule has 0 bridgehead atoms.